The second-order valence-electron chi connectivity index (χ2n) is 7.22. The summed E-state index contributed by atoms with van der Waals surface area (Å²) in [5, 5.41) is 0.874. The van der Waals surface area contributed by atoms with Crippen LogP contribution in [-0.4, -0.2) is 53.2 Å². The molecule has 0 saturated carbocycles. The lowest BCUT2D eigenvalue weighted by molar-refractivity contribution is 0.145. The fourth-order valence-corrected chi connectivity index (χ4v) is 4.07. The van der Waals surface area contributed by atoms with Gasteiger partial charge in [-0.1, -0.05) is 0 Å². The van der Waals surface area contributed by atoms with E-state index >= 15 is 0 Å². The van der Waals surface area contributed by atoms with Crippen molar-refractivity contribution in [3.05, 3.63) is 34.8 Å². The lowest BCUT2D eigenvalue weighted by atomic mass is 10.2. The number of thiazole rings is 1. The molecule has 1 aliphatic heterocycles. The van der Waals surface area contributed by atoms with Gasteiger partial charge in [-0.2, -0.15) is 9.97 Å². The van der Waals surface area contributed by atoms with Crippen LogP contribution in [0.15, 0.2) is 24.3 Å². The van der Waals surface area contributed by atoms with Crippen molar-refractivity contribution in [2.75, 3.05) is 44.8 Å². The van der Waals surface area contributed by atoms with Gasteiger partial charge in [0.25, 0.3) is 0 Å². The molecule has 9 nitrogen and oxygen atoms in total. The summed E-state index contributed by atoms with van der Waals surface area (Å²) in [5.41, 5.74) is 13.1. The van der Waals surface area contributed by atoms with Crippen molar-refractivity contribution in [2.24, 2.45) is 0 Å². The number of anilines is 2. The number of benzene rings is 1. The SMILES string of the molecule is COc1ccc(-c2nc(COc3nc(N)cc(N)n3)c(C)s2)cc1OCCN1CCC1. The molecule has 2 aromatic heterocycles. The van der Waals surface area contributed by atoms with E-state index in [1.165, 1.54) is 12.5 Å². The van der Waals surface area contributed by atoms with Crippen molar-refractivity contribution >= 4 is 23.0 Å². The molecule has 1 fully saturated rings. The molecule has 3 heterocycles. The highest BCUT2D eigenvalue weighted by atomic mass is 32.1. The Kier molecular flexibility index (Phi) is 6.38. The number of nitrogens with zero attached hydrogens (tertiary/aromatic N) is 4. The molecule has 4 N–H and O–H groups in total. The summed E-state index contributed by atoms with van der Waals surface area (Å²) in [6, 6.07) is 7.47. The Bertz CT molecular complexity index is 1030. The smallest absolute Gasteiger partial charge is 0.320 e. The number of nitrogens with two attached hydrogens (primary N) is 2. The average molecular weight is 443 g/mol. The first-order valence-corrected chi connectivity index (χ1v) is 10.9. The third-order valence-corrected chi connectivity index (χ3v) is 6.06. The number of ether oxygens (including phenoxy) is 3. The Labute approximate surface area is 185 Å². The van der Waals surface area contributed by atoms with E-state index in [0.29, 0.717) is 12.4 Å². The number of likely N-dealkylation sites (tertiary alicyclic amines) is 1. The lowest BCUT2D eigenvalue weighted by Crippen LogP contribution is -2.39. The second-order valence-corrected chi connectivity index (χ2v) is 8.42. The van der Waals surface area contributed by atoms with Crippen molar-refractivity contribution in [3.8, 4) is 28.1 Å². The highest BCUT2D eigenvalue weighted by Crippen LogP contribution is 2.35. The van der Waals surface area contributed by atoms with Gasteiger partial charge >= 0.3 is 6.01 Å². The summed E-state index contributed by atoms with van der Waals surface area (Å²) in [7, 11) is 1.64. The van der Waals surface area contributed by atoms with Gasteiger partial charge in [0.05, 0.1) is 12.8 Å². The minimum atomic E-state index is 0.133. The van der Waals surface area contributed by atoms with Crippen LogP contribution in [0.1, 0.15) is 17.0 Å². The summed E-state index contributed by atoms with van der Waals surface area (Å²) in [6.07, 6.45) is 1.27. The van der Waals surface area contributed by atoms with Gasteiger partial charge in [0, 0.05) is 23.1 Å². The molecule has 1 saturated heterocycles. The zero-order valence-electron chi connectivity index (χ0n) is 17.6. The second kappa shape index (κ2) is 9.36. The van der Waals surface area contributed by atoms with Crippen molar-refractivity contribution in [3.63, 3.8) is 0 Å². The van der Waals surface area contributed by atoms with E-state index in [2.05, 4.69) is 14.9 Å². The average Bonchev–Trinajstić information content (AvgIpc) is 3.08. The first kappa shape index (κ1) is 21.1. The topological polar surface area (TPSA) is 122 Å². The molecule has 0 spiro atoms. The van der Waals surface area contributed by atoms with Crippen LogP contribution in [0.2, 0.25) is 0 Å². The van der Waals surface area contributed by atoms with Gasteiger partial charge in [0.1, 0.15) is 29.9 Å². The molecule has 0 atom stereocenters. The van der Waals surface area contributed by atoms with E-state index in [1.807, 2.05) is 25.1 Å². The summed E-state index contributed by atoms with van der Waals surface area (Å²) in [4.78, 5) is 16.2. The minimum Gasteiger partial charge on any atom is -0.493 e. The first-order chi connectivity index (χ1) is 15.0. The fourth-order valence-electron chi connectivity index (χ4n) is 3.16. The Morgan fingerprint density at radius 2 is 1.81 bits per heavy atom. The van der Waals surface area contributed by atoms with Gasteiger partial charge in [-0.15, -0.1) is 11.3 Å². The first-order valence-electron chi connectivity index (χ1n) is 10.0. The Morgan fingerprint density at radius 1 is 1.03 bits per heavy atom. The van der Waals surface area contributed by atoms with Crippen LogP contribution in [0.5, 0.6) is 17.5 Å². The molecule has 164 valence electrons. The largest absolute Gasteiger partial charge is 0.493 e. The zero-order chi connectivity index (χ0) is 21.8. The molecule has 1 aliphatic rings. The zero-order valence-corrected chi connectivity index (χ0v) is 18.4. The van der Waals surface area contributed by atoms with Crippen LogP contribution in [0.3, 0.4) is 0 Å². The predicted molar refractivity (Wildman–Crippen MR) is 121 cm³/mol. The number of hydrogen-bond donors (Lipinski definition) is 2. The number of methoxy groups -OCH3 is 1. The number of nitrogen functional groups attached to an aromatic ring is 2. The summed E-state index contributed by atoms with van der Waals surface area (Å²) in [6.45, 7) is 6.07. The van der Waals surface area contributed by atoms with Gasteiger partial charge < -0.3 is 25.7 Å². The van der Waals surface area contributed by atoms with Gasteiger partial charge in [0.2, 0.25) is 0 Å². The number of aryl methyl sites for hydroxylation is 1. The summed E-state index contributed by atoms with van der Waals surface area (Å²) >= 11 is 1.59. The van der Waals surface area contributed by atoms with Crippen molar-refractivity contribution in [2.45, 2.75) is 20.0 Å². The molecule has 0 bridgehead atoms. The van der Waals surface area contributed by atoms with E-state index in [-0.39, 0.29) is 24.3 Å². The molecule has 0 radical (unpaired) electrons. The van der Waals surface area contributed by atoms with Crippen molar-refractivity contribution < 1.29 is 14.2 Å². The van der Waals surface area contributed by atoms with Gasteiger partial charge in [-0.3, -0.25) is 4.90 Å². The number of aromatic nitrogens is 3. The number of hydrogen-bond acceptors (Lipinski definition) is 10. The van der Waals surface area contributed by atoms with Crippen LogP contribution < -0.4 is 25.7 Å². The highest BCUT2D eigenvalue weighted by molar-refractivity contribution is 7.15. The molecule has 31 heavy (non-hydrogen) atoms. The van der Waals surface area contributed by atoms with Crippen LogP contribution in [0.4, 0.5) is 11.6 Å². The lowest BCUT2D eigenvalue weighted by Gasteiger charge is -2.30. The van der Waals surface area contributed by atoms with E-state index < -0.39 is 0 Å². The molecular formula is C21H26N6O3S. The predicted octanol–water partition coefficient (Wildman–Crippen LogP) is 2.75. The molecule has 3 aromatic rings. The monoisotopic (exact) mass is 442 g/mol. The van der Waals surface area contributed by atoms with E-state index in [4.69, 9.17) is 30.7 Å². The van der Waals surface area contributed by atoms with Crippen LogP contribution in [0, 0.1) is 6.92 Å². The van der Waals surface area contributed by atoms with Crippen molar-refractivity contribution in [1.82, 2.24) is 19.9 Å². The van der Waals surface area contributed by atoms with Gasteiger partial charge in [-0.25, -0.2) is 4.98 Å². The maximum atomic E-state index is 6.01. The fraction of sp³-hybridized carbons (Fsp3) is 0.381. The number of rotatable bonds is 9. The Hall–Kier alpha value is -3.11. The quantitative estimate of drug-likeness (QED) is 0.515. The van der Waals surface area contributed by atoms with Gasteiger partial charge in [-0.05, 0) is 44.6 Å². The van der Waals surface area contributed by atoms with E-state index in [0.717, 1.165) is 46.5 Å². The van der Waals surface area contributed by atoms with Gasteiger partial charge in [0.15, 0.2) is 11.5 Å². The molecule has 4 rings (SSSR count). The maximum Gasteiger partial charge on any atom is 0.320 e. The molecule has 1 aromatic carbocycles. The van der Waals surface area contributed by atoms with Crippen LogP contribution in [-0.2, 0) is 6.61 Å². The third-order valence-electron chi connectivity index (χ3n) is 5.00. The Balaban J connectivity index is 1.46. The summed E-state index contributed by atoms with van der Waals surface area (Å²) in [5.74, 6) is 1.95. The minimum absolute atomic E-state index is 0.133. The maximum absolute atomic E-state index is 6.01. The molecule has 10 heteroatoms. The Morgan fingerprint density at radius 3 is 2.48 bits per heavy atom. The molecule has 0 unspecified atom stereocenters. The standard InChI is InChI=1S/C21H26N6O3S/c1-13-15(12-30-21-25-18(22)11-19(23)26-21)24-20(31-13)14-4-5-16(28-2)17(10-14)29-9-8-27-6-3-7-27/h4-5,10-11H,3,6-9,12H2,1-2H3,(H4,22,23,25,26). The van der Waals surface area contributed by atoms with Crippen LogP contribution >= 0.6 is 11.3 Å². The normalized spacial score (nSPS) is 13.6. The van der Waals surface area contributed by atoms with E-state index in [9.17, 15) is 0 Å². The van der Waals surface area contributed by atoms with Crippen LogP contribution in [0.25, 0.3) is 10.6 Å². The molecule has 0 amide bonds. The van der Waals surface area contributed by atoms with Crippen molar-refractivity contribution in [1.29, 1.82) is 0 Å². The van der Waals surface area contributed by atoms with E-state index in [1.54, 1.807) is 18.4 Å². The third kappa shape index (κ3) is 5.15. The molecule has 0 aliphatic carbocycles. The molecular weight excluding hydrogens is 416 g/mol. The highest BCUT2D eigenvalue weighted by Gasteiger charge is 2.16. The summed E-state index contributed by atoms with van der Waals surface area (Å²) < 4.78 is 17.1.